The summed E-state index contributed by atoms with van der Waals surface area (Å²) in [6, 6.07) is 10.4. The van der Waals surface area contributed by atoms with Gasteiger partial charge in [0, 0.05) is 29.1 Å². The largest absolute Gasteiger partial charge is 0.507 e. The van der Waals surface area contributed by atoms with Crippen LogP contribution >= 0.6 is 0 Å². The molecule has 2 aromatic carbocycles. The number of aromatic hydroxyl groups is 1. The number of rotatable bonds is 3. The smallest absolute Gasteiger partial charge is 0.123 e. The third kappa shape index (κ3) is 2.24. The Hall–Kier alpha value is -2.20. The van der Waals surface area contributed by atoms with Gasteiger partial charge in [-0.05, 0) is 30.2 Å². The molecule has 0 unspecified atom stereocenters. The van der Waals surface area contributed by atoms with Crippen molar-refractivity contribution in [2.24, 2.45) is 0 Å². The zero-order chi connectivity index (χ0) is 13.1. The lowest BCUT2D eigenvalue weighted by atomic mass is 9.98. The average Bonchev–Trinajstić information content (AvgIpc) is 2.35. The topological polar surface area (TPSA) is 92.5 Å². The number of benzene rings is 2. The molecule has 0 atom stereocenters. The Kier molecular flexibility index (Phi) is 3.39. The Labute approximate surface area is 105 Å². The van der Waals surface area contributed by atoms with E-state index in [9.17, 15) is 5.11 Å². The van der Waals surface area contributed by atoms with Crippen LogP contribution in [0.3, 0.4) is 0 Å². The predicted molar refractivity (Wildman–Crippen MR) is 73.2 cm³/mol. The Morgan fingerprint density at radius 1 is 1.00 bits per heavy atom. The van der Waals surface area contributed by atoms with E-state index >= 15 is 0 Å². The second kappa shape index (κ2) is 4.98. The van der Waals surface area contributed by atoms with E-state index < -0.39 is 0 Å². The summed E-state index contributed by atoms with van der Waals surface area (Å²) in [4.78, 5) is 0. The van der Waals surface area contributed by atoms with Crippen molar-refractivity contribution >= 4 is 11.4 Å². The number of anilines is 2. The molecule has 4 heteroatoms. The third-order valence-electron chi connectivity index (χ3n) is 2.89. The lowest BCUT2D eigenvalue weighted by Crippen LogP contribution is -2.00. The first-order chi connectivity index (χ1) is 8.63. The van der Waals surface area contributed by atoms with Crippen molar-refractivity contribution in [1.29, 1.82) is 0 Å². The van der Waals surface area contributed by atoms with Crippen LogP contribution in [-0.2, 0) is 6.42 Å². The van der Waals surface area contributed by atoms with Crippen LogP contribution in [0.1, 0.15) is 5.56 Å². The maximum atomic E-state index is 9.87. The molecule has 0 aliphatic heterocycles. The monoisotopic (exact) mass is 244 g/mol. The van der Waals surface area contributed by atoms with Crippen LogP contribution in [0.5, 0.6) is 5.75 Å². The average molecular weight is 244 g/mol. The SMILES string of the molecule is Nc1ccc(O)c(-c2cccc(CCO)c2N)c1. The van der Waals surface area contributed by atoms with Gasteiger partial charge in [0.25, 0.3) is 0 Å². The minimum absolute atomic E-state index is 0.0383. The first-order valence-corrected chi connectivity index (χ1v) is 5.70. The van der Waals surface area contributed by atoms with Gasteiger partial charge >= 0.3 is 0 Å². The number of aliphatic hydroxyl groups excluding tert-OH is 1. The van der Waals surface area contributed by atoms with E-state index in [0.717, 1.165) is 11.1 Å². The van der Waals surface area contributed by atoms with Gasteiger partial charge < -0.3 is 21.7 Å². The van der Waals surface area contributed by atoms with E-state index in [2.05, 4.69) is 0 Å². The van der Waals surface area contributed by atoms with Gasteiger partial charge in [-0.2, -0.15) is 0 Å². The Balaban J connectivity index is 2.57. The highest BCUT2D eigenvalue weighted by Gasteiger charge is 2.10. The number of phenols is 1. The Bertz CT molecular complexity index is 568. The zero-order valence-electron chi connectivity index (χ0n) is 9.93. The van der Waals surface area contributed by atoms with Crippen LogP contribution in [0.2, 0.25) is 0 Å². The molecule has 2 aromatic rings. The van der Waals surface area contributed by atoms with Gasteiger partial charge in [-0.15, -0.1) is 0 Å². The van der Waals surface area contributed by atoms with E-state index in [1.165, 1.54) is 0 Å². The number of para-hydroxylation sites is 1. The van der Waals surface area contributed by atoms with Crippen molar-refractivity contribution in [2.75, 3.05) is 18.1 Å². The van der Waals surface area contributed by atoms with Gasteiger partial charge in [-0.3, -0.25) is 0 Å². The van der Waals surface area contributed by atoms with Crippen molar-refractivity contribution in [3.8, 4) is 16.9 Å². The van der Waals surface area contributed by atoms with Gasteiger partial charge in [0.1, 0.15) is 5.75 Å². The summed E-state index contributed by atoms with van der Waals surface area (Å²) in [6.45, 7) is 0.0383. The number of phenolic OH excluding ortho intramolecular Hbond substituents is 1. The summed E-state index contributed by atoms with van der Waals surface area (Å²) in [5, 5.41) is 18.9. The molecule has 0 heterocycles. The van der Waals surface area contributed by atoms with Crippen LogP contribution in [-0.4, -0.2) is 16.8 Å². The van der Waals surface area contributed by atoms with Crippen molar-refractivity contribution in [2.45, 2.75) is 6.42 Å². The molecule has 0 radical (unpaired) electrons. The predicted octanol–water partition coefficient (Wildman–Crippen LogP) is 1.76. The quantitative estimate of drug-likeness (QED) is 0.489. The van der Waals surface area contributed by atoms with E-state index in [1.54, 1.807) is 18.2 Å². The molecule has 6 N–H and O–H groups in total. The first kappa shape index (κ1) is 12.3. The minimum atomic E-state index is 0.0383. The highest BCUT2D eigenvalue weighted by molar-refractivity contribution is 5.83. The fourth-order valence-electron chi connectivity index (χ4n) is 1.96. The molecular weight excluding hydrogens is 228 g/mol. The molecular formula is C14H16N2O2. The molecule has 18 heavy (non-hydrogen) atoms. The highest BCUT2D eigenvalue weighted by Crippen LogP contribution is 2.35. The normalized spacial score (nSPS) is 10.5. The maximum absolute atomic E-state index is 9.87. The molecule has 94 valence electrons. The molecule has 0 saturated heterocycles. The molecule has 0 fully saturated rings. The highest BCUT2D eigenvalue weighted by atomic mass is 16.3. The Morgan fingerprint density at radius 2 is 1.78 bits per heavy atom. The van der Waals surface area contributed by atoms with Gasteiger partial charge in [0.05, 0.1) is 0 Å². The summed E-state index contributed by atoms with van der Waals surface area (Å²) in [5.41, 5.74) is 15.1. The van der Waals surface area contributed by atoms with Crippen LogP contribution < -0.4 is 11.5 Å². The van der Waals surface area contributed by atoms with Gasteiger partial charge in [-0.1, -0.05) is 18.2 Å². The zero-order valence-corrected chi connectivity index (χ0v) is 9.93. The van der Waals surface area contributed by atoms with Crippen LogP contribution in [0, 0.1) is 0 Å². The first-order valence-electron chi connectivity index (χ1n) is 5.70. The van der Waals surface area contributed by atoms with E-state index in [-0.39, 0.29) is 12.4 Å². The number of hydrogen-bond acceptors (Lipinski definition) is 4. The van der Waals surface area contributed by atoms with E-state index in [0.29, 0.717) is 23.4 Å². The van der Waals surface area contributed by atoms with E-state index in [1.807, 2.05) is 18.2 Å². The molecule has 0 aromatic heterocycles. The summed E-state index contributed by atoms with van der Waals surface area (Å²) >= 11 is 0. The number of nitrogen functional groups attached to an aromatic ring is 2. The molecule has 0 aliphatic rings. The summed E-state index contributed by atoms with van der Waals surface area (Å²) in [6.07, 6.45) is 0.489. The van der Waals surface area contributed by atoms with Crippen LogP contribution in [0.25, 0.3) is 11.1 Å². The maximum Gasteiger partial charge on any atom is 0.123 e. The third-order valence-corrected chi connectivity index (χ3v) is 2.89. The van der Waals surface area contributed by atoms with Crippen molar-refractivity contribution in [1.82, 2.24) is 0 Å². The number of hydrogen-bond donors (Lipinski definition) is 4. The molecule has 0 aliphatic carbocycles. The van der Waals surface area contributed by atoms with Crippen LogP contribution in [0.15, 0.2) is 36.4 Å². The molecule has 4 nitrogen and oxygen atoms in total. The molecule has 0 bridgehead atoms. The molecule has 0 amide bonds. The number of aliphatic hydroxyl groups is 1. The fraction of sp³-hybridized carbons (Fsp3) is 0.143. The molecule has 0 spiro atoms. The molecule has 0 saturated carbocycles. The minimum Gasteiger partial charge on any atom is -0.507 e. The summed E-state index contributed by atoms with van der Waals surface area (Å²) in [7, 11) is 0. The Morgan fingerprint density at radius 3 is 2.50 bits per heavy atom. The van der Waals surface area contributed by atoms with Gasteiger partial charge in [0.15, 0.2) is 0 Å². The molecule has 2 rings (SSSR count). The lowest BCUT2D eigenvalue weighted by molar-refractivity contribution is 0.300. The van der Waals surface area contributed by atoms with Gasteiger partial charge in [0.2, 0.25) is 0 Å². The second-order valence-corrected chi connectivity index (χ2v) is 4.13. The summed E-state index contributed by atoms with van der Waals surface area (Å²) in [5.74, 6) is 0.136. The second-order valence-electron chi connectivity index (χ2n) is 4.13. The fourth-order valence-corrected chi connectivity index (χ4v) is 1.96. The van der Waals surface area contributed by atoms with Crippen LogP contribution in [0.4, 0.5) is 11.4 Å². The summed E-state index contributed by atoms with van der Waals surface area (Å²) < 4.78 is 0. The lowest BCUT2D eigenvalue weighted by Gasteiger charge is -2.12. The number of nitrogens with two attached hydrogens (primary N) is 2. The van der Waals surface area contributed by atoms with E-state index in [4.69, 9.17) is 16.6 Å². The van der Waals surface area contributed by atoms with Gasteiger partial charge in [-0.25, -0.2) is 0 Å². The standard InChI is InChI=1S/C14H16N2O2/c15-10-4-5-13(18)12(8-10)11-3-1-2-9(6-7-17)14(11)16/h1-5,8,17-18H,6-7,15-16H2. The van der Waals surface area contributed by atoms with Crippen molar-refractivity contribution in [3.05, 3.63) is 42.0 Å². The van der Waals surface area contributed by atoms with Crippen molar-refractivity contribution < 1.29 is 10.2 Å². The van der Waals surface area contributed by atoms with Crippen molar-refractivity contribution in [3.63, 3.8) is 0 Å².